The molecule has 2 rings (SSSR count). The zero-order chi connectivity index (χ0) is 11.9. The van der Waals surface area contributed by atoms with Gasteiger partial charge in [0.05, 0.1) is 0 Å². The molecule has 0 spiro atoms. The van der Waals surface area contributed by atoms with Crippen molar-refractivity contribution in [2.75, 3.05) is 0 Å². The summed E-state index contributed by atoms with van der Waals surface area (Å²) in [6.45, 7) is 0. The number of thioether (sulfide) groups is 2. The first kappa shape index (κ1) is 12.2. The summed E-state index contributed by atoms with van der Waals surface area (Å²) in [6.07, 6.45) is 0. The number of hydrogen-bond acceptors (Lipinski definition) is 4. The van der Waals surface area contributed by atoms with Gasteiger partial charge in [-0.15, -0.1) is 4.91 Å². The van der Waals surface area contributed by atoms with Gasteiger partial charge in [0.25, 0.3) is 0 Å². The Morgan fingerprint density at radius 1 is 0.765 bits per heavy atom. The molecule has 0 saturated carbocycles. The summed E-state index contributed by atoms with van der Waals surface area (Å²) in [6, 6.07) is 19.7. The molecule has 0 aliphatic rings. The predicted octanol–water partition coefficient (Wildman–Crippen LogP) is 4.62. The van der Waals surface area contributed by atoms with E-state index in [0.717, 1.165) is 9.79 Å². The summed E-state index contributed by atoms with van der Waals surface area (Å²) in [5, 5.41) is 3.15. The molecule has 0 N–H and O–H groups in total. The molecule has 86 valence electrons. The minimum atomic E-state index is -0.347. The van der Waals surface area contributed by atoms with Crippen LogP contribution < -0.4 is 0 Å². The van der Waals surface area contributed by atoms with Crippen molar-refractivity contribution in [1.29, 1.82) is 0 Å². The third-order valence-corrected chi connectivity index (χ3v) is 4.29. The lowest BCUT2D eigenvalue weighted by Gasteiger charge is -2.08. The van der Waals surface area contributed by atoms with Crippen molar-refractivity contribution < 1.29 is 0 Å². The Morgan fingerprint density at radius 3 is 1.53 bits per heavy atom. The molecule has 0 unspecified atom stereocenters. The molecule has 0 aliphatic heterocycles. The Balaban J connectivity index is 2.01. The van der Waals surface area contributed by atoms with Crippen LogP contribution in [-0.4, -0.2) is 4.71 Å². The van der Waals surface area contributed by atoms with Crippen LogP contribution in [0.5, 0.6) is 0 Å². The number of hydrogen-bond donors (Lipinski definition) is 0. The Labute approximate surface area is 109 Å². The number of benzene rings is 2. The van der Waals surface area contributed by atoms with Crippen molar-refractivity contribution in [2.24, 2.45) is 5.18 Å². The van der Waals surface area contributed by atoms with E-state index in [1.807, 2.05) is 60.7 Å². The molecular formula is C13H11NOS2. The van der Waals surface area contributed by atoms with Gasteiger partial charge < -0.3 is 0 Å². The largest absolute Gasteiger partial charge is 0.192 e. The predicted molar refractivity (Wildman–Crippen MR) is 74.2 cm³/mol. The molecule has 2 aromatic rings. The quantitative estimate of drug-likeness (QED) is 0.447. The van der Waals surface area contributed by atoms with Crippen molar-refractivity contribution in [1.82, 2.24) is 0 Å². The van der Waals surface area contributed by atoms with E-state index in [1.54, 1.807) is 0 Å². The maximum absolute atomic E-state index is 10.8. The monoisotopic (exact) mass is 261 g/mol. The molecule has 0 atom stereocenters. The molecule has 0 saturated heterocycles. The van der Waals surface area contributed by atoms with Crippen LogP contribution in [0.2, 0.25) is 0 Å². The molecule has 0 aromatic heterocycles. The van der Waals surface area contributed by atoms with E-state index in [-0.39, 0.29) is 4.71 Å². The second-order valence-electron chi connectivity index (χ2n) is 3.27. The first-order valence-electron chi connectivity index (χ1n) is 5.14. The summed E-state index contributed by atoms with van der Waals surface area (Å²) < 4.78 is -0.347. The molecule has 2 aromatic carbocycles. The molecule has 0 fully saturated rings. The summed E-state index contributed by atoms with van der Waals surface area (Å²) in [4.78, 5) is 12.9. The molecule has 2 nitrogen and oxygen atoms in total. The second-order valence-corrected chi connectivity index (χ2v) is 5.88. The zero-order valence-electron chi connectivity index (χ0n) is 9.02. The minimum absolute atomic E-state index is 0.347. The van der Waals surface area contributed by atoms with Gasteiger partial charge in [0, 0.05) is 9.79 Å². The van der Waals surface area contributed by atoms with E-state index in [2.05, 4.69) is 5.18 Å². The van der Waals surface area contributed by atoms with Crippen molar-refractivity contribution in [3.05, 3.63) is 65.6 Å². The van der Waals surface area contributed by atoms with Crippen LogP contribution in [0, 0.1) is 4.91 Å². The van der Waals surface area contributed by atoms with Gasteiger partial charge in [0.15, 0.2) is 4.71 Å². The van der Waals surface area contributed by atoms with Crippen LogP contribution in [0.1, 0.15) is 0 Å². The second kappa shape index (κ2) is 6.47. The molecule has 0 amide bonds. The summed E-state index contributed by atoms with van der Waals surface area (Å²) in [5.41, 5.74) is 0. The topological polar surface area (TPSA) is 29.4 Å². The zero-order valence-corrected chi connectivity index (χ0v) is 10.7. The Bertz CT molecular complexity index is 420. The van der Waals surface area contributed by atoms with Crippen molar-refractivity contribution in [2.45, 2.75) is 14.5 Å². The van der Waals surface area contributed by atoms with E-state index >= 15 is 0 Å². The van der Waals surface area contributed by atoms with Crippen LogP contribution in [0.4, 0.5) is 0 Å². The third kappa shape index (κ3) is 3.91. The van der Waals surface area contributed by atoms with E-state index < -0.39 is 0 Å². The highest BCUT2D eigenvalue weighted by Gasteiger charge is 2.11. The van der Waals surface area contributed by atoms with Crippen LogP contribution >= 0.6 is 23.5 Å². The first-order valence-corrected chi connectivity index (χ1v) is 6.90. The molecule has 0 heterocycles. The normalized spacial score (nSPS) is 10.4. The van der Waals surface area contributed by atoms with Gasteiger partial charge in [-0.2, -0.15) is 0 Å². The molecule has 17 heavy (non-hydrogen) atoms. The lowest BCUT2D eigenvalue weighted by atomic mass is 10.4. The van der Waals surface area contributed by atoms with Gasteiger partial charge in [-0.25, -0.2) is 0 Å². The SMILES string of the molecule is O=NC(Sc1ccccc1)Sc1ccccc1. The summed E-state index contributed by atoms with van der Waals surface area (Å²) in [5.74, 6) is 0. The standard InChI is InChI=1S/C13H11NOS2/c15-14-13(16-11-7-3-1-4-8-11)17-12-9-5-2-6-10-12/h1-10,13H. The Hall–Kier alpha value is -1.26. The average molecular weight is 261 g/mol. The van der Waals surface area contributed by atoms with E-state index in [9.17, 15) is 4.91 Å². The molecule has 0 bridgehead atoms. The fourth-order valence-electron chi connectivity index (χ4n) is 1.30. The van der Waals surface area contributed by atoms with Gasteiger partial charge in [0.2, 0.25) is 0 Å². The van der Waals surface area contributed by atoms with Crippen molar-refractivity contribution in [3.8, 4) is 0 Å². The summed E-state index contributed by atoms with van der Waals surface area (Å²) >= 11 is 2.93. The van der Waals surface area contributed by atoms with E-state index in [0.29, 0.717) is 0 Å². The third-order valence-electron chi connectivity index (χ3n) is 2.05. The Kier molecular flexibility index (Phi) is 4.64. The van der Waals surface area contributed by atoms with Gasteiger partial charge in [-0.1, -0.05) is 59.9 Å². The van der Waals surface area contributed by atoms with Crippen LogP contribution in [0.3, 0.4) is 0 Å². The number of rotatable bonds is 5. The molecule has 0 radical (unpaired) electrons. The molecule has 0 aliphatic carbocycles. The van der Waals surface area contributed by atoms with E-state index in [1.165, 1.54) is 23.5 Å². The maximum Gasteiger partial charge on any atom is 0.192 e. The number of nitrogens with zero attached hydrogens (tertiary/aromatic N) is 1. The van der Waals surface area contributed by atoms with Crippen molar-refractivity contribution >= 4 is 23.5 Å². The van der Waals surface area contributed by atoms with Crippen molar-refractivity contribution in [3.63, 3.8) is 0 Å². The Morgan fingerprint density at radius 2 is 1.18 bits per heavy atom. The fourth-order valence-corrected chi connectivity index (χ4v) is 3.34. The van der Waals surface area contributed by atoms with Gasteiger partial charge >= 0.3 is 0 Å². The first-order chi connectivity index (χ1) is 8.38. The van der Waals surface area contributed by atoms with Gasteiger partial charge in [0.1, 0.15) is 0 Å². The highest BCUT2D eigenvalue weighted by molar-refractivity contribution is 8.17. The average Bonchev–Trinajstić information content (AvgIpc) is 2.40. The van der Waals surface area contributed by atoms with Crippen LogP contribution in [-0.2, 0) is 0 Å². The number of nitroso groups, excluding NO2 is 1. The molecular weight excluding hydrogens is 250 g/mol. The maximum atomic E-state index is 10.8. The fraction of sp³-hybridized carbons (Fsp3) is 0.0769. The lowest BCUT2D eigenvalue weighted by molar-refractivity contribution is 1.25. The van der Waals surface area contributed by atoms with Gasteiger partial charge in [-0.05, 0) is 29.4 Å². The highest BCUT2D eigenvalue weighted by Crippen LogP contribution is 2.35. The minimum Gasteiger partial charge on any atom is -0.149 e. The van der Waals surface area contributed by atoms with Crippen LogP contribution in [0.15, 0.2) is 75.6 Å². The van der Waals surface area contributed by atoms with E-state index in [4.69, 9.17) is 0 Å². The summed E-state index contributed by atoms with van der Waals surface area (Å²) in [7, 11) is 0. The smallest absolute Gasteiger partial charge is 0.149 e. The highest BCUT2D eigenvalue weighted by atomic mass is 32.2. The van der Waals surface area contributed by atoms with Crippen LogP contribution in [0.25, 0.3) is 0 Å². The lowest BCUT2D eigenvalue weighted by Crippen LogP contribution is -1.90. The van der Waals surface area contributed by atoms with Gasteiger partial charge in [-0.3, -0.25) is 0 Å². The molecule has 4 heteroatoms.